The van der Waals surface area contributed by atoms with Gasteiger partial charge in [-0.3, -0.25) is 10.1 Å². The van der Waals surface area contributed by atoms with Crippen molar-refractivity contribution in [3.05, 3.63) is 27.9 Å². The fourth-order valence-corrected chi connectivity index (χ4v) is 1.53. The maximum Gasteiger partial charge on any atom is 0.337 e. The second-order valence-corrected chi connectivity index (χ2v) is 4.47. The van der Waals surface area contributed by atoms with Crippen molar-refractivity contribution >= 4 is 17.5 Å². The van der Waals surface area contributed by atoms with Crippen LogP contribution in [-0.4, -0.2) is 27.0 Å². The van der Waals surface area contributed by atoms with Crippen molar-refractivity contribution in [1.29, 1.82) is 0 Å². The molecule has 1 rings (SSSR count). The first-order valence-electron chi connectivity index (χ1n) is 6.01. The Balaban J connectivity index is 3.07. The number of carboxylic acids is 1. The molecule has 1 heterocycles. The zero-order valence-electron chi connectivity index (χ0n) is 11.1. The van der Waals surface area contributed by atoms with E-state index >= 15 is 0 Å². The van der Waals surface area contributed by atoms with Crippen LogP contribution < -0.4 is 5.32 Å². The molecule has 0 aromatic carbocycles. The van der Waals surface area contributed by atoms with Crippen molar-refractivity contribution < 1.29 is 14.8 Å². The molecule has 0 aliphatic heterocycles. The van der Waals surface area contributed by atoms with E-state index in [0.717, 1.165) is 18.7 Å². The first-order valence-corrected chi connectivity index (χ1v) is 6.01. The quantitative estimate of drug-likeness (QED) is 0.606. The lowest BCUT2D eigenvalue weighted by molar-refractivity contribution is -0.384. The van der Waals surface area contributed by atoms with Crippen LogP contribution >= 0.6 is 0 Å². The summed E-state index contributed by atoms with van der Waals surface area (Å²) in [7, 11) is 0. The van der Waals surface area contributed by atoms with Crippen molar-refractivity contribution in [3.63, 3.8) is 0 Å². The average Bonchev–Trinajstić information content (AvgIpc) is 2.37. The van der Waals surface area contributed by atoms with Gasteiger partial charge in [0.05, 0.1) is 10.5 Å². The first-order chi connectivity index (χ1) is 8.86. The Hall–Kier alpha value is -2.18. The van der Waals surface area contributed by atoms with Gasteiger partial charge in [-0.05, 0) is 12.8 Å². The van der Waals surface area contributed by atoms with Gasteiger partial charge in [0.2, 0.25) is 5.82 Å². The van der Waals surface area contributed by atoms with Crippen molar-refractivity contribution in [2.75, 3.05) is 5.32 Å². The number of nitrogens with zero attached hydrogens (tertiary/aromatic N) is 2. The van der Waals surface area contributed by atoms with Gasteiger partial charge in [-0.15, -0.1) is 0 Å². The van der Waals surface area contributed by atoms with E-state index in [1.54, 1.807) is 0 Å². The molecule has 1 aromatic rings. The van der Waals surface area contributed by atoms with Crippen molar-refractivity contribution in [2.45, 2.75) is 33.2 Å². The van der Waals surface area contributed by atoms with Crippen LogP contribution in [0.1, 0.15) is 37.6 Å². The number of aromatic carboxylic acids is 1. The second kappa shape index (κ2) is 6.12. The van der Waals surface area contributed by atoms with Crippen LogP contribution in [0, 0.1) is 16.0 Å². The number of hydrogen-bond acceptors (Lipinski definition) is 5. The van der Waals surface area contributed by atoms with Crippen molar-refractivity contribution in [1.82, 2.24) is 4.98 Å². The summed E-state index contributed by atoms with van der Waals surface area (Å²) in [5, 5.41) is 22.7. The van der Waals surface area contributed by atoms with Gasteiger partial charge >= 0.3 is 11.7 Å². The van der Waals surface area contributed by atoms with Gasteiger partial charge in [0.25, 0.3) is 0 Å². The topological polar surface area (TPSA) is 105 Å². The monoisotopic (exact) mass is 267 g/mol. The fourth-order valence-electron chi connectivity index (χ4n) is 1.53. The van der Waals surface area contributed by atoms with Crippen LogP contribution in [0.5, 0.6) is 0 Å². The normalized spacial score (nSPS) is 13.6. The average molecular weight is 267 g/mol. The molecule has 0 aliphatic rings. The number of carboxylic acid groups (broad SMARTS) is 1. The van der Waals surface area contributed by atoms with Gasteiger partial charge in [0.1, 0.15) is 0 Å². The standard InChI is InChI=1S/C12H17N3O4/c1-4-7(2)8(3)14-11-10(15(18)19)5-9(6-13-11)12(16)17/h5-8H,4H2,1-3H3,(H,13,14)(H,16,17). The van der Waals surface area contributed by atoms with E-state index in [9.17, 15) is 14.9 Å². The molecule has 104 valence electrons. The molecule has 0 fully saturated rings. The SMILES string of the molecule is CCC(C)C(C)Nc1ncc(C(=O)O)cc1[N+](=O)[O-]. The van der Waals surface area contributed by atoms with E-state index < -0.39 is 10.9 Å². The number of aromatic nitrogens is 1. The summed E-state index contributed by atoms with van der Waals surface area (Å²) >= 11 is 0. The Morgan fingerprint density at radius 2 is 2.21 bits per heavy atom. The number of nitro groups is 1. The molecule has 1 aromatic heterocycles. The highest BCUT2D eigenvalue weighted by molar-refractivity contribution is 5.88. The molecular formula is C12H17N3O4. The van der Waals surface area contributed by atoms with Gasteiger partial charge in [0.15, 0.2) is 0 Å². The summed E-state index contributed by atoms with van der Waals surface area (Å²) < 4.78 is 0. The summed E-state index contributed by atoms with van der Waals surface area (Å²) in [5.74, 6) is -0.819. The Labute approximate surface area is 110 Å². The Morgan fingerprint density at radius 3 is 2.68 bits per heavy atom. The van der Waals surface area contributed by atoms with Crippen molar-refractivity contribution in [3.8, 4) is 0 Å². The summed E-state index contributed by atoms with van der Waals surface area (Å²) in [4.78, 5) is 24.9. The predicted octanol–water partition coefficient (Wildman–Crippen LogP) is 2.53. The minimum Gasteiger partial charge on any atom is -0.478 e. The van der Waals surface area contributed by atoms with Crippen LogP contribution in [0.25, 0.3) is 0 Å². The Bertz CT molecular complexity index is 490. The molecule has 0 radical (unpaired) electrons. The third-order valence-corrected chi connectivity index (χ3v) is 3.17. The van der Waals surface area contributed by atoms with Gasteiger partial charge in [-0.1, -0.05) is 20.3 Å². The molecule has 2 N–H and O–H groups in total. The summed E-state index contributed by atoms with van der Waals surface area (Å²) in [5.41, 5.74) is -0.525. The minimum absolute atomic E-state index is 0.00637. The molecule has 7 nitrogen and oxygen atoms in total. The lowest BCUT2D eigenvalue weighted by Gasteiger charge is -2.20. The van der Waals surface area contributed by atoms with E-state index in [0.29, 0.717) is 5.92 Å². The Morgan fingerprint density at radius 1 is 1.58 bits per heavy atom. The number of carbonyl (C=O) groups is 1. The molecule has 0 amide bonds. The highest BCUT2D eigenvalue weighted by atomic mass is 16.6. The van der Waals surface area contributed by atoms with Gasteiger partial charge < -0.3 is 10.4 Å². The van der Waals surface area contributed by atoms with Gasteiger partial charge in [0, 0.05) is 18.3 Å². The van der Waals surface area contributed by atoms with E-state index in [1.807, 2.05) is 20.8 Å². The lowest BCUT2D eigenvalue weighted by Crippen LogP contribution is -2.24. The molecular weight excluding hydrogens is 250 g/mol. The molecule has 2 unspecified atom stereocenters. The smallest absolute Gasteiger partial charge is 0.337 e. The fraction of sp³-hybridized carbons (Fsp3) is 0.500. The van der Waals surface area contributed by atoms with Crippen LogP contribution in [0.2, 0.25) is 0 Å². The molecule has 0 saturated heterocycles. The number of nitrogens with one attached hydrogen (secondary N) is 1. The van der Waals surface area contributed by atoms with E-state index in [1.165, 1.54) is 0 Å². The van der Waals surface area contributed by atoms with Crippen LogP contribution in [-0.2, 0) is 0 Å². The zero-order chi connectivity index (χ0) is 14.6. The molecule has 7 heteroatoms. The number of rotatable bonds is 6. The van der Waals surface area contributed by atoms with Crippen LogP contribution in [0.4, 0.5) is 11.5 Å². The largest absolute Gasteiger partial charge is 0.478 e. The highest BCUT2D eigenvalue weighted by Crippen LogP contribution is 2.25. The van der Waals surface area contributed by atoms with Crippen molar-refractivity contribution in [2.24, 2.45) is 5.92 Å². The van der Waals surface area contributed by atoms with Crippen LogP contribution in [0.15, 0.2) is 12.3 Å². The summed E-state index contributed by atoms with van der Waals surface area (Å²) in [6.07, 6.45) is 2.04. The molecule has 0 saturated carbocycles. The zero-order valence-corrected chi connectivity index (χ0v) is 11.1. The van der Waals surface area contributed by atoms with E-state index in [2.05, 4.69) is 10.3 Å². The van der Waals surface area contributed by atoms with Gasteiger partial charge in [-0.2, -0.15) is 0 Å². The minimum atomic E-state index is -1.24. The summed E-state index contributed by atoms with van der Waals surface area (Å²) in [6, 6.07) is 1.02. The van der Waals surface area contributed by atoms with Crippen LogP contribution in [0.3, 0.4) is 0 Å². The number of anilines is 1. The molecule has 2 atom stereocenters. The molecule has 0 spiro atoms. The maximum absolute atomic E-state index is 11.0. The number of pyridine rings is 1. The predicted molar refractivity (Wildman–Crippen MR) is 70.4 cm³/mol. The summed E-state index contributed by atoms with van der Waals surface area (Å²) in [6.45, 7) is 5.96. The lowest BCUT2D eigenvalue weighted by atomic mass is 10.0. The molecule has 19 heavy (non-hydrogen) atoms. The number of hydrogen-bond donors (Lipinski definition) is 2. The first kappa shape index (κ1) is 14.9. The third kappa shape index (κ3) is 3.64. The van der Waals surface area contributed by atoms with E-state index in [4.69, 9.17) is 5.11 Å². The maximum atomic E-state index is 11.0. The van der Waals surface area contributed by atoms with Gasteiger partial charge in [-0.25, -0.2) is 9.78 Å². The highest BCUT2D eigenvalue weighted by Gasteiger charge is 2.21. The third-order valence-electron chi connectivity index (χ3n) is 3.17. The van der Waals surface area contributed by atoms with E-state index in [-0.39, 0.29) is 23.1 Å². The molecule has 0 aliphatic carbocycles. The second-order valence-electron chi connectivity index (χ2n) is 4.47. The Kier molecular flexibility index (Phi) is 4.80. The molecule has 0 bridgehead atoms.